The third-order valence-electron chi connectivity index (χ3n) is 4.90. The number of carbonyl (C=O) groups excluding carboxylic acids is 1. The third kappa shape index (κ3) is 3.47. The van der Waals surface area contributed by atoms with Gasteiger partial charge in [0.05, 0.1) is 5.92 Å². The van der Waals surface area contributed by atoms with Crippen molar-refractivity contribution in [2.45, 2.75) is 18.9 Å². The number of nitrogens with zero attached hydrogens (tertiary/aromatic N) is 1. The van der Waals surface area contributed by atoms with Crippen LogP contribution in [0.3, 0.4) is 0 Å². The van der Waals surface area contributed by atoms with Gasteiger partial charge >= 0.3 is 5.97 Å². The molecule has 0 unspecified atom stereocenters. The predicted molar refractivity (Wildman–Crippen MR) is 98.8 cm³/mol. The van der Waals surface area contributed by atoms with Crippen LogP contribution in [0, 0.1) is 5.92 Å². The molecule has 2 atom stereocenters. The van der Waals surface area contributed by atoms with Crippen LogP contribution in [0.4, 0.5) is 5.69 Å². The molecule has 1 aliphatic carbocycles. The molecule has 1 fully saturated rings. The minimum Gasteiger partial charge on any atom is -0.486 e. The number of rotatable bonds is 5. The summed E-state index contributed by atoms with van der Waals surface area (Å²) in [5, 5.41) is 0. The lowest BCUT2D eigenvalue weighted by molar-refractivity contribution is -0.146. The lowest BCUT2D eigenvalue weighted by atomic mass is 10.1. The van der Waals surface area contributed by atoms with E-state index >= 15 is 0 Å². The molecule has 0 amide bonds. The lowest BCUT2D eigenvalue weighted by Crippen LogP contribution is -2.15. The molecular weight excluding hydrogens is 330 g/mol. The van der Waals surface area contributed by atoms with Crippen LogP contribution >= 0.6 is 0 Å². The van der Waals surface area contributed by atoms with Crippen molar-refractivity contribution in [2.24, 2.45) is 5.92 Å². The zero-order valence-electron chi connectivity index (χ0n) is 15.1. The monoisotopic (exact) mass is 353 g/mol. The second-order valence-corrected chi connectivity index (χ2v) is 7.02. The second kappa shape index (κ2) is 6.90. The maximum Gasteiger partial charge on any atom is 0.309 e. The van der Waals surface area contributed by atoms with Crippen molar-refractivity contribution in [3.63, 3.8) is 0 Å². The summed E-state index contributed by atoms with van der Waals surface area (Å²) in [6.07, 6.45) is 0.830. The zero-order valence-corrected chi connectivity index (χ0v) is 15.1. The number of hydrogen-bond donors (Lipinski definition) is 0. The van der Waals surface area contributed by atoms with E-state index in [1.807, 2.05) is 61.5 Å². The highest BCUT2D eigenvalue weighted by Gasteiger charge is 2.45. The van der Waals surface area contributed by atoms with E-state index in [9.17, 15) is 4.79 Å². The molecule has 2 aromatic rings. The average molecular weight is 353 g/mol. The number of benzene rings is 2. The molecule has 1 heterocycles. The minimum absolute atomic E-state index is 0.0606. The van der Waals surface area contributed by atoms with Crippen molar-refractivity contribution in [3.05, 3.63) is 53.6 Å². The second-order valence-electron chi connectivity index (χ2n) is 7.02. The first kappa shape index (κ1) is 16.8. The molecule has 0 radical (unpaired) electrons. The fraction of sp³-hybridized carbons (Fsp3) is 0.381. The van der Waals surface area contributed by atoms with E-state index in [4.69, 9.17) is 14.2 Å². The summed E-state index contributed by atoms with van der Waals surface area (Å²) >= 11 is 0. The van der Waals surface area contributed by atoms with Crippen LogP contribution < -0.4 is 14.4 Å². The molecule has 0 N–H and O–H groups in total. The van der Waals surface area contributed by atoms with E-state index in [-0.39, 0.29) is 17.8 Å². The van der Waals surface area contributed by atoms with Gasteiger partial charge in [-0.3, -0.25) is 4.79 Å². The van der Waals surface area contributed by atoms with E-state index in [0.29, 0.717) is 19.8 Å². The van der Waals surface area contributed by atoms with Crippen LogP contribution in [0.5, 0.6) is 11.5 Å². The molecule has 1 saturated carbocycles. The van der Waals surface area contributed by atoms with Gasteiger partial charge in [0.15, 0.2) is 11.5 Å². The molecule has 0 saturated heterocycles. The zero-order chi connectivity index (χ0) is 18.1. The molecule has 2 aliphatic rings. The summed E-state index contributed by atoms with van der Waals surface area (Å²) in [6, 6.07) is 14.0. The van der Waals surface area contributed by atoms with Gasteiger partial charge in [-0.05, 0) is 47.7 Å². The minimum atomic E-state index is -0.125. The van der Waals surface area contributed by atoms with Gasteiger partial charge in [-0.1, -0.05) is 18.2 Å². The molecule has 0 aromatic heterocycles. The topological polar surface area (TPSA) is 48.0 Å². The summed E-state index contributed by atoms with van der Waals surface area (Å²) in [5.41, 5.74) is 3.21. The van der Waals surface area contributed by atoms with Crippen molar-refractivity contribution in [1.82, 2.24) is 0 Å². The number of fused-ring (bicyclic) bond motifs is 1. The molecule has 2 aromatic carbocycles. The van der Waals surface area contributed by atoms with Gasteiger partial charge in [0.1, 0.15) is 19.8 Å². The highest BCUT2D eigenvalue weighted by atomic mass is 16.6. The average Bonchev–Trinajstić information content (AvgIpc) is 3.47. The maximum atomic E-state index is 12.4. The van der Waals surface area contributed by atoms with Crippen LogP contribution in [-0.4, -0.2) is 33.3 Å². The Bertz CT molecular complexity index is 817. The summed E-state index contributed by atoms with van der Waals surface area (Å²) in [7, 11) is 3.99. The lowest BCUT2D eigenvalue weighted by Gasteiger charge is -2.18. The molecule has 5 heteroatoms. The number of ether oxygens (including phenoxy) is 3. The molecule has 5 nitrogen and oxygen atoms in total. The van der Waals surface area contributed by atoms with Crippen molar-refractivity contribution in [2.75, 3.05) is 32.2 Å². The fourth-order valence-corrected chi connectivity index (χ4v) is 3.30. The number of esters is 1. The van der Waals surface area contributed by atoms with E-state index < -0.39 is 0 Å². The first-order chi connectivity index (χ1) is 12.6. The number of anilines is 1. The Kier molecular flexibility index (Phi) is 4.45. The Hall–Kier alpha value is -2.69. The summed E-state index contributed by atoms with van der Waals surface area (Å²) < 4.78 is 16.7. The largest absolute Gasteiger partial charge is 0.486 e. The van der Waals surface area contributed by atoms with Crippen molar-refractivity contribution in [3.8, 4) is 11.5 Å². The maximum absolute atomic E-state index is 12.4. The van der Waals surface area contributed by atoms with Gasteiger partial charge in [0.25, 0.3) is 0 Å². The quantitative estimate of drug-likeness (QED) is 0.772. The number of carbonyl (C=O) groups is 1. The molecule has 0 bridgehead atoms. The molecule has 1 aliphatic heterocycles. The van der Waals surface area contributed by atoms with Crippen LogP contribution in [0.25, 0.3) is 0 Å². The van der Waals surface area contributed by atoms with Gasteiger partial charge in [0, 0.05) is 19.8 Å². The van der Waals surface area contributed by atoms with E-state index in [1.54, 1.807) is 0 Å². The normalized spacial score (nSPS) is 20.4. The van der Waals surface area contributed by atoms with Gasteiger partial charge in [-0.25, -0.2) is 0 Å². The van der Waals surface area contributed by atoms with Crippen molar-refractivity contribution < 1.29 is 19.0 Å². The smallest absolute Gasteiger partial charge is 0.309 e. The standard InChI is InChI=1S/C21H23NO4/c1-22(2)16-5-3-4-14(10-16)13-26-21(23)18-12-17(18)15-6-7-19-20(11-15)25-9-8-24-19/h3-7,10-11,17-18H,8-9,12-13H2,1-2H3/t17-,18+/m0/s1. The van der Waals surface area contributed by atoms with Crippen LogP contribution in [0.2, 0.25) is 0 Å². The fourth-order valence-electron chi connectivity index (χ4n) is 3.30. The first-order valence-electron chi connectivity index (χ1n) is 8.94. The van der Waals surface area contributed by atoms with Gasteiger partial charge in [-0.2, -0.15) is 0 Å². The summed E-state index contributed by atoms with van der Waals surface area (Å²) in [5.74, 6) is 1.58. The van der Waals surface area contributed by atoms with Crippen LogP contribution in [-0.2, 0) is 16.1 Å². The molecule has 4 rings (SSSR count). The molecular formula is C21H23NO4. The highest BCUT2D eigenvalue weighted by Crippen LogP contribution is 2.50. The molecule has 136 valence electrons. The Balaban J connectivity index is 1.35. The Morgan fingerprint density at radius 1 is 1.12 bits per heavy atom. The molecule has 26 heavy (non-hydrogen) atoms. The van der Waals surface area contributed by atoms with E-state index in [0.717, 1.165) is 34.7 Å². The SMILES string of the molecule is CN(C)c1cccc(COC(=O)[C@@H]2C[C@H]2c2ccc3c(c2)OCCO3)c1. The van der Waals surface area contributed by atoms with Gasteiger partial charge in [0.2, 0.25) is 0 Å². The summed E-state index contributed by atoms with van der Waals surface area (Å²) in [6.45, 7) is 1.46. The van der Waals surface area contributed by atoms with Crippen molar-refractivity contribution >= 4 is 11.7 Å². The Labute approximate surface area is 153 Å². The van der Waals surface area contributed by atoms with Crippen LogP contribution in [0.15, 0.2) is 42.5 Å². The number of hydrogen-bond acceptors (Lipinski definition) is 5. The third-order valence-corrected chi connectivity index (χ3v) is 4.90. The summed E-state index contributed by atoms with van der Waals surface area (Å²) in [4.78, 5) is 14.4. The van der Waals surface area contributed by atoms with Crippen molar-refractivity contribution in [1.29, 1.82) is 0 Å². The first-order valence-corrected chi connectivity index (χ1v) is 8.94. The van der Waals surface area contributed by atoms with Crippen LogP contribution in [0.1, 0.15) is 23.5 Å². The molecule has 0 spiro atoms. The van der Waals surface area contributed by atoms with E-state index in [1.165, 1.54) is 0 Å². The van der Waals surface area contributed by atoms with Gasteiger partial charge < -0.3 is 19.1 Å². The van der Waals surface area contributed by atoms with E-state index in [2.05, 4.69) is 0 Å². The Morgan fingerprint density at radius 2 is 1.92 bits per heavy atom. The highest BCUT2D eigenvalue weighted by molar-refractivity contribution is 5.77. The Morgan fingerprint density at radius 3 is 2.73 bits per heavy atom. The predicted octanol–water partition coefficient (Wildman–Crippen LogP) is 3.37. The van der Waals surface area contributed by atoms with Gasteiger partial charge in [-0.15, -0.1) is 0 Å².